The molecule has 3 aliphatic rings. The van der Waals surface area contributed by atoms with Crippen LogP contribution >= 0.6 is 11.3 Å². The van der Waals surface area contributed by atoms with Crippen LogP contribution in [0.2, 0.25) is 0 Å². The fraction of sp³-hybridized carbons (Fsp3) is 0.727. The van der Waals surface area contributed by atoms with Crippen molar-refractivity contribution in [3.63, 3.8) is 0 Å². The zero-order valence-corrected chi connectivity index (χ0v) is 17.9. The highest BCUT2D eigenvalue weighted by Gasteiger charge is 2.29. The molecular weight excluding hydrogens is 368 g/mol. The van der Waals surface area contributed by atoms with Crippen molar-refractivity contribution in [3.8, 4) is 0 Å². The fourth-order valence-electron chi connectivity index (χ4n) is 5.30. The molecule has 2 aromatic heterocycles. The van der Waals surface area contributed by atoms with Crippen LogP contribution in [0.25, 0.3) is 10.2 Å². The number of aryl methyl sites for hydroxylation is 2. The molecule has 0 radical (unpaired) electrons. The van der Waals surface area contributed by atoms with E-state index >= 15 is 0 Å². The minimum absolute atomic E-state index is 0.287. The lowest BCUT2D eigenvalue weighted by Crippen LogP contribution is -3.11. The number of nitrogens with zero attached hydrogens (tertiary/aromatic N) is 3. The van der Waals surface area contributed by atoms with Gasteiger partial charge in [0, 0.05) is 24.6 Å². The standard InChI is InChI=1S/C22H32N4OS/c1-15-7-10-25(11-8-15)13-19-23-21(26-9-3-4-16(12-26)14-27)20-17-5-2-6-18(17)28-22(20)24-19/h15-16,27H,2-14H2,1H3/p+1/t16-/m0/s1. The van der Waals surface area contributed by atoms with Gasteiger partial charge in [0.15, 0.2) is 5.82 Å². The number of hydrogen-bond acceptors (Lipinski definition) is 5. The molecule has 2 N–H and O–H groups in total. The lowest BCUT2D eigenvalue weighted by atomic mass is 9.98. The summed E-state index contributed by atoms with van der Waals surface area (Å²) in [5.74, 6) is 3.44. The fourth-order valence-corrected chi connectivity index (χ4v) is 6.58. The average molecular weight is 402 g/mol. The number of fused-ring (bicyclic) bond motifs is 3. The van der Waals surface area contributed by atoms with E-state index in [2.05, 4.69) is 11.8 Å². The number of aliphatic hydroxyl groups is 1. The van der Waals surface area contributed by atoms with Gasteiger partial charge in [0.1, 0.15) is 17.2 Å². The Labute approximate surface area is 171 Å². The predicted octanol–water partition coefficient (Wildman–Crippen LogP) is 2.20. The van der Waals surface area contributed by atoms with Gasteiger partial charge in [-0.05, 0) is 62.3 Å². The third-order valence-corrected chi connectivity index (χ3v) is 8.24. The monoisotopic (exact) mass is 401 g/mol. The number of nitrogens with one attached hydrogen (secondary N) is 1. The Balaban J connectivity index is 1.50. The van der Waals surface area contributed by atoms with E-state index < -0.39 is 0 Å². The Kier molecular flexibility index (Phi) is 5.28. The van der Waals surface area contributed by atoms with Gasteiger partial charge in [0.2, 0.25) is 0 Å². The summed E-state index contributed by atoms with van der Waals surface area (Å²) in [5, 5.41) is 11.1. The highest BCUT2D eigenvalue weighted by molar-refractivity contribution is 7.19. The van der Waals surface area contributed by atoms with Crippen LogP contribution in [0.3, 0.4) is 0 Å². The molecule has 5 rings (SSSR count). The minimum atomic E-state index is 0.287. The SMILES string of the molecule is CC1CC[NH+](Cc2nc(N3CCC[C@H](CO)C3)c3c4c(sc3n2)CCC4)CC1. The van der Waals surface area contributed by atoms with E-state index in [-0.39, 0.29) is 6.61 Å². The number of aliphatic hydroxyl groups excluding tert-OH is 1. The summed E-state index contributed by atoms with van der Waals surface area (Å²) >= 11 is 1.91. The summed E-state index contributed by atoms with van der Waals surface area (Å²) < 4.78 is 0. The first-order valence-corrected chi connectivity index (χ1v) is 12.0. The van der Waals surface area contributed by atoms with E-state index in [0.29, 0.717) is 5.92 Å². The van der Waals surface area contributed by atoms with Crippen molar-refractivity contribution in [2.45, 2.75) is 58.4 Å². The Hall–Kier alpha value is -1.24. The number of thiophene rings is 1. The third-order valence-electron chi connectivity index (χ3n) is 7.06. The van der Waals surface area contributed by atoms with E-state index in [1.807, 2.05) is 11.3 Å². The molecule has 0 spiro atoms. The first kappa shape index (κ1) is 18.8. The molecule has 4 heterocycles. The summed E-state index contributed by atoms with van der Waals surface area (Å²) in [6.45, 7) is 8.09. The zero-order valence-electron chi connectivity index (χ0n) is 17.0. The Morgan fingerprint density at radius 2 is 2.00 bits per heavy atom. The number of piperidine rings is 2. The normalized spacial score (nSPS) is 28.1. The van der Waals surface area contributed by atoms with Gasteiger partial charge in [0.25, 0.3) is 0 Å². The molecule has 0 bridgehead atoms. The van der Waals surface area contributed by atoms with Gasteiger partial charge in [-0.25, -0.2) is 9.97 Å². The lowest BCUT2D eigenvalue weighted by Gasteiger charge is -2.33. The summed E-state index contributed by atoms with van der Waals surface area (Å²) in [7, 11) is 0. The molecule has 1 atom stereocenters. The van der Waals surface area contributed by atoms with Crippen molar-refractivity contribution in [1.82, 2.24) is 9.97 Å². The van der Waals surface area contributed by atoms with Crippen LogP contribution in [-0.2, 0) is 19.4 Å². The second-order valence-corrected chi connectivity index (χ2v) is 10.3. The third kappa shape index (κ3) is 3.55. The zero-order chi connectivity index (χ0) is 19.1. The molecule has 2 fully saturated rings. The van der Waals surface area contributed by atoms with Crippen LogP contribution in [0.15, 0.2) is 0 Å². The number of rotatable bonds is 4. The van der Waals surface area contributed by atoms with Gasteiger partial charge in [-0.1, -0.05) is 6.92 Å². The van der Waals surface area contributed by atoms with Gasteiger partial charge in [-0.15, -0.1) is 11.3 Å². The van der Waals surface area contributed by atoms with Crippen molar-refractivity contribution in [2.24, 2.45) is 11.8 Å². The summed E-state index contributed by atoms with van der Waals surface area (Å²) in [4.78, 5) is 17.1. The maximum absolute atomic E-state index is 9.72. The van der Waals surface area contributed by atoms with Crippen molar-refractivity contribution in [1.29, 1.82) is 0 Å². The largest absolute Gasteiger partial charge is 0.396 e. The molecule has 2 aliphatic heterocycles. The second-order valence-electron chi connectivity index (χ2n) is 9.25. The predicted molar refractivity (Wildman–Crippen MR) is 114 cm³/mol. The van der Waals surface area contributed by atoms with Crippen LogP contribution in [0.4, 0.5) is 5.82 Å². The van der Waals surface area contributed by atoms with Gasteiger partial charge in [-0.2, -0.15) is 0 Å². The highest BCUT2D eigenvalue weighted by Crippen LogP contribution is 2.41. The van der Waals surface area contributed by atoms with Crippen molar-refractivity contribution < 1.29 is 10.0 Å². The van der Waals surface area contributed by atoms with E-state index in [1.54, 1.807) is 4.90 Å². The minimum Gasteiger partial charge on any atom is -0.396 e. The number of aromatic nitrogens is 2. The number of quaternary nitrogens is 1. The quantitative estimate of drug-likeness (QED) is 0.825. The van der Waals surface area contributed by atoms with Crippen molar-refractivity contribution in [2.75, 3.05) is 37.7 Å². The molecule has 2 saturated heterocycles. The molecule has 5 nitrogen and oxygen atoms in total. The molecule has 2 aromatic rings. The summed E-state index contributed by atoms with van der Waals surface area (Å²) in [5.41, 5.74) is 1.52. The molecule has 28 heavy (non-hydrogen) atoms. The molecule has 0 saturated carbocycles. The van der Waals surface area contributed by atoms with Crippen molar-refractivity contribution in [3.05, 3.63) is 16.3 Å². The Morgan fingerprint density at radius 1 is 1.14 bits per heavy atom. The number of likely N-dealkylation sites (tertiary alicyclic amines) is 1. The topological polar surface area (TPSA) is 53.7 Å². The highest BCUT2D eigenvalue weighted by atomic mass is 32.1. The van der Waals surface area contributed by atoms with Gasteiger partial charge < -0.3 is 14.9 Å². The molecule has 6 heteroatoms. The summed E-state index contributed by atoms with van der Waals surface area (Å²) in [6.07, 6.45) is 8.58. The molecule has 0 amide bonds. The van der Waals surface area contributed by atoms with Crippen LogP contribution < -0.4 is 9.80 Å². The lowest BCUT2D eigenvalue weighted by molar-refractivity contribution is -0.920. The Morgan fingerprint density at radius 3 is 2.82 bits per heavy atom. The van der Waals surface area contributed by atoms with Gasteiger partial charge in [-0.3, -0.25) is 0 Å². The van der Waals surface area contributed by atoms with Crippen LogP contribution in [0, 0.1) is 11.8 Å². The Bertz CT molecular complexity index is 843. The van der Waals surface area contributed by atoms with Crippen LogP contribution in [0.5, 0.6) is 0 Å². The second kappa shape index (κ2) is 7.88. The molecule has 152 valence electrons. The van der Waals surface area contributed by atoms with Crippen molar-refractivity contribution >= 4 is 27.4 Å². The van der Waals surface area contributed by atoms with E-state index in [9.17, 15) is 5.11 Å². The smallest absolute Gasteiger partial charge is 0.187 e. The van der Waals surface area contributed by atoms with Crippen LogP contribution in [-0.4, -0.2) is 47.9 Å². The van der Waals surface area contributed by atoms with E-state index in [0.717, 1.165) is 44.2 Å². The van der Waals surface area contributed by atoms with Gasteiger partial charge in [0.05, 0.1) is 18.5 Å². The molecule has 0 aromatic carbocycles. The van der Waals surface area contributed by atoms with E-state index in [4.69, 9.17) is 9.97 Å². The summed E-state index contributed by atoms with van der Waals surface area (Å²) in [6, 6.07) is 0. The number of hydrogen-bond donors (Lipinski definition) is 2. The molecule has 0 unspecified atom stereocenters. The number of anilines is 1. The molecular formula is C22H33N4OS+. The van der Waals surface area contributed by atoms with E-state index in [1.165, 1.54) is 71.7 Å². The first-order valence-electron chi connectivity index (χ1n) is 11.2. The maximum atomic E-state index is 9.72. The van der Waals surface area contributed by atoms with Gasteiger partial charge >= 0.3 is 0 Å². The molecule has 1 aliphatic carbocycles. The first-order chi connectivity index (χ1) is 13.7. The average Bonchev–Trinajstić information content (AvgIpc) is 3.30. The van der Waals surface area contributed by atoms with Crippen LogP contribution in [0.1, 0.15) is 55.3 Å². The maximum Gasteiger partial charge on any atom is 0.187 e.